The van der Waals surface area contributed by atoms with Crippen LogP contribution in [0.3, 0.4) is 0 Å². The summed E-state index contributed by atoms with van der Waals surface area (Å²) >= 11 is 0. The van der Waals surface area contributed by atoms with Crippen molar-refractivity contribution < 1.29 is 24.2 Å². The van der Waals surface area contributed by atoms with Gasteiger partial charge < -0.3 is 14.2 Å². The summed E-state index contributed by atoms with van der Waals surface area (Å²) in [4.78, 5) is 23.3. The highest BCUT2D eigenvalue weighted by molar-refractivity contribution is 6.12. The second-order valence-electron chi connectivity index (χ2n) is 4.47. The normalized spacial score (nSPS) is 10.3. The summed E-state index contributed by atoms with van der Waals surface area (Å²) in [6, 6.07) is 4.28. The number of nitroso groups, excluding NO2 is 1. The van der Waals surface area contributed by atoms with Crippen LogP contribution in [0.2, 0.25) is 0 Å². The predicted octanol–water partition coefficient (Wildman–Crippen LogP) is 3.23. The number of benzene rings is 2. The Morgan fingerprint density at radius 2 is 2.00 bits per heavy atom. The van der Waals surface area contributed by atoms with Crippen LogP contribution in [0.1, 0.15) is 17.3 Å². The number of nitrogens with one attached hydrogen (secondary N) is 1. The Balaban J connectivity index is 2.97. The first kappa shape index (κ1) is 16.5. The number of nitrogens with zero attached hydrogens (tertiary/aromatic N) is 1. The Morgan fingerprint density at radius 3 is 2.52 bits per heavy atom. The third-order valence-electron chi connectivity index (χ3n) is 3.32. The molecule has 8 heteroatoms. The number of hydrogen-bond donors (Lipinski definition) is 2. The zero-order chi connectivity index (χ0) is 17.0. The van der Waals surface area contributed by atoms with Gasteiger partial charge in [0.25, 0.3) is 0 Å². The van der Waals surface area contributed by atoms with Crippen LogP contribution < -0.4 is 15.0 Å². The maximum atomic E-state index is 12.2. The highest BCUT2D eigenvalue weighted by Crippen LogP contribution is 2.45. The monoisotopic (exact) mass is 320 g/mol. The van der Waals surface area contributed by atoms with Crippen molar-refractivity contribution in [3.8, 4) is 11.5 Å². The fraction of sp³-hybridized carbons (Fsp3) is 0.267. The van der Waals surface area contributed by atoms with Gasteiger partial charge in [-0.3, -0.25) is 10.7 Å². The van der Waals surface area contributed by atoms with Gasteiger partial charge in [0, 0.05) is 0 Å². The van der Waals surface area contributed by atoms with Crippen LogP contribution in [0.4, 0.5) is 11.4 Å². The van der Waals surface area contributed by atoms with E-state index in [1.165, 1.54) is 32.4 Å². The third-order valence-corrected chi connectivity index (χ3v) is 3.32. The van der Waals surface area contributed by atoms with Crippen molar-refractivity contribution in [3.63, 3.8) is 0 Å². The molecule has 2 N–H and O–H groups in total. The Hall–Kier alpha value is -2.87. The van der Waals surface area contributed by atoms with E-state index in [-0.39, 0.29) is 40.4 Å². The summed E-state index contributed by atoms with van der Waals surface area (Å²) in [6.45, 7) is 1.86. The average Bonchev–Trinajstić information content (AvgIpc) is 2.59. The topological polar surface area (TPSA) is 106 Å². The Kier molecular flexibility index (Phi) is 4.97. The lowest BCUT2D eigenvalue weighted by Gasteiger charge is -2.17. The van der Waals surface area contributed by atoms with Gasteiger partial charge >= 0.3 is 5.97 Å². The molecule has 23 heavy (non-hydrogen) atoms. The van der Waals surface area contributed by atoms with E-state index in [1.54, 1.807) is 6.92 Å². The van der Waals surface area contributed by atoms with Crippen molar-refractivity contribution in [1.29, 1.82) is 0 Å². The van der Waals surface area contributed by atoms with Crippen molar-refractivity contribution in [2.75, 3.05) is 26.3 Å². The number of fused-ring (bicyclic) bond motifs is 1. The van der Waals surface area contributed by atoms with Gasteiger partial charge in [0.05, 0.1) is 37.3 Å². The van der Waals surface area contributed by atoms with Crippen molar-refractivity contribution in [3.05, 3.63) is 28.7 Å². The lowest BCUT2D eigenvalue weighted by Crippen LogP contribution is -2.08. The fourth-order valence-electron chi connectivity index (χ4n) is 2.38. The molecule has 2 aromatic rings. The first-order valence-electron chi connectivity index (χ1n) is 6.75. The lowest BCUT2D eigenvalue weighted by molar-refractivity contribution is 0.0522. The molecule has 2 aromatic carbocycles. The minimum absolute atomic E-state index is 0.0419. The fourth-order valence-corrected chi connectivity index (χ4v) is 2.38. The largest absolute Gasteiger partial charge is 0.496 e. The summed E-state index contributed by atoms with van der Waals surface area (Å²) in [6.07, 6.45) is 0. The predicted molar refractivity (Wildman–Crippen MR) is 83.9 cm³/mol. The number of rotatable bonds is 6. The Morgan fingerprint density at radius 1 is 1.26 bits per heavy atom. The quantitative estimate of drug-likeness (QED) is 0.478. The van der Waals surface area contributed by atoms with Gasteiger partial charge in [-0.1, -0.05) is 0 Å². The van der Waals surface area contributed by atoms with Crippen LogP contribution in [0.5, 0.6) is 11.5 Å². The zero-order valence-electron chi connectivity index (χ0n) is 12.9. The Labute approximate surface area is 131 Å². The van der Waals surface area contributed by atoms with Crippen LogP contribution in [-0.4, -0.2) is 32.0 Å². The van der Waals surface area contributed by atoms with Gasteiger partial charge in [0.2, 0.25) is 0 Å². The molecular formula is C15H16N2O6. The van der Waals surface area contributed by atoms with Crippen LogP contribution in [0, 0.1) is 4.91 Å². The number of ether oxygens (including phenoxy) is 3. The maximum absolute atomic E-state index is 12.2. The van der Waals surface area contributed by atoms with Gasteiger partial charge in [-0.2, -0.15) is 0 Å². The van der Waals surface area contributed by atoms with E-state index in [2.05, 4.69) is 5.18 Å². The summed E-state index contributed by atoms with van der Waals surface area (Å²) < 4.78 is 15.6. The molecule has 0 spiro atoms. The van der Waals surface area contributed by atoms with Crippen LogP contribution >= 0.6 is 0 Å². The summed E-state index contributed by atoms with van der Waals surface area (Å²) in [5, 5.41) is 12.9. The van der Waals surface area contributed by atoms with Gasteiger partial charge in [0.15, 0.2) is 0 Å². The highest BCUT2D eigenvalue weighted by atomic mass is 16.5. The lowest BCUT2D eigenvalue weighted by atomic mass is 10.0. The van der Waals surface area contributed by atoms with E-state index in [4.69, 9.17) is 14.2 Å². The van der Waals surface area contributed by atoms with Crippen molar-refractivity contribution in [2.45, 2.75) is 6.92 Å². The SMILES string of the molecule is CCOC(=O)c1cc(OC)c2c(NO)ccc(N=O)c2c1OC. The summed E-state index contributed by atoms with van der Waals surface area (Å²) in [7, 11) is 2.76. The summed E-state index contributed by atoms with van der Waals surface area (Å²) in [5.74, 6) is -0.249. The molecule has 0 atom stereocenters. The number of methoxy groups -OCH3 is 2. The molecule has 0 saturated heterocycles. The van der Waals surface area contributed by atoms with Crippen LogP contribution in [-0.2, 0) is 4.74 Å². The van der Waals surface area contributed by atoms with E-state index in [0.29, 0.717) is 5.39 Å². The van der Waals surface area contributed by atoms with E-state index in [0.717, 1.165) is 0 Å². The van der Waals surface area contributed by atoms with E-state index in [1.807, 2.05) is 5.48 Å². The zero-order valence-corrected chi connectivity index (χ0v) is 12.9. The van der Waals surface area contributed by atoms with Gasteiger partial charge in [0.1, 0.15) is 22.7 Å². The molecule has 0 heterocycles. The molecule has 0 aromatic heterocycles. The second kappa shape index (κ2) is 6.93. The molecule has 0 saturated carbocycles. The van der Waals surface area contributed by atoms with Gasteiger partial charge in [-0.15, -0.1) is 4.91 Å². The molecule has 0 amide bonds. The number of carbonyl (C=O) groups is 1. The van der Waals surface area contributed by atoms with E-state index in [9.17, 15) is 14.9 Å². The molecular weight excluding hydrogens is 304 g/mol. The number of esters is 1. The van der Waals surface area contributed by atoms with Crippen molar-refractivity contribution in [2.24, 2.45) is 5.18 Å². The third kappa shape index (κ3) is 2.76. The smallest absolute Gasteiger partial charge is 0.342 e. The first-order chi connectivity index (χ1) is 11.1. The second-order valence-corrected chi connectivity index (χ2v) is 4.47. The molecule has 8 nitrogen and oxygen atoms in total. The molecule has 0 radical (unpaired) electrons. The van der Waals surface area contributed by atoms with Crippen LogP contribution in [0.15, 0.2) is 23.4 Å². The van der Waals surface area contributed by atoms with Crippen LogP contribution in [0.25, 0.3) is 10.8 Å². The maximum Gasteiger partial charge on any atom is 0.342 e. The average molecular weight is 320 g/mol. The molecule has 2 rings (SSSR count). The number of carbonyl (C=O) groups excluding carboxylic acids is 1. The highest BCUT2D eigenvalue weighted by Gasteiger charge is 2.24. The Bertz CT molecular complexity index is 759. The molecule has 0 unspecified atom stereocenters. The standard InChI is InChI=1S/C15H16N2O6/c1-4-23-15(18)8-7-11(21-2)12-9(16-19)5-6-10(17-20)13(12)14(8)22-3/h5-7,16,19H,4H2,1-3H3. The summed E-state index contributed by atoms with van der Waals surface area (Å²) in [5.41, 5.74) is 2.44. The number of hydrogen-bond acceptors (Lipinski definition) is 8. The van der Waals surface area contributed by atoms with Gasteiger partial charge in [-0.25, -0.2) is 4.79 Å². The van der Waals surface area contributed by atoms with Gasteiger partial charge in [-0.05, 0) is 30.3 Å². The molecule has 0 fully saturated rings. The molecule has 122 valence electrons. The molecule has 0 aliphatic rings. The minimum atomic E-state index is -0.622. The first-order valence-corrected chi connectivity index (χ1v) is 6.75. The number of anilines is 1. The molecule has 0 aliphatic carbocycles. The molecule has 0 bridgehead atoms. The minimum Gasteiger partial charge on any atom is -0.496 e. The van der Waals surface area contributed by atoms with E-state index < -0.39 is 5.97 Å². The van der Waals surface area contributed by atoms with Crippen molar-refractivity contribution in [1.82, 2.24) is 0 Å². The van der Waals surface area contributed by atoms with E-state index >= 15 is 0 Å². The molecule has 0 aliphatic heterocycles. The van der Waals surface area contributed by atoms with Crippen molar-refractivity contribution >= 4 is 28.1 Å².